The van der Waals surface area contributed by atoms with Crippen LogP contribution in [0.2, 0.25) is 0 Å². The molecule has 7 heteroatoms. The van der Waals surface area contributed by atoms with Crippen LogP contribution in [0.25, 0.3) is 0 Å². The van der Waals surface area contributed by atoms with Crippen molar-refractivity contribution in [3.05, 3.63) is 64.0 Å². The van der Waals surface area contributed by atoms with Crippen LogP contribution in [0, 0.1) is 0 Å². The van der Waals surface area contributed by atoms with Crippen molar-refractivity contribution in [3.63, 3.8) is 0 Å². The van der Waals surface area contributed by atoms with Gasteiger partial charge in [0.05, 0.1) is 36.5 Å². The van der Waals surface area contributed by atoms with Crippen molar-refractivity contribution in [3.8, 4) is 0 Å². The minimum atomic E-state index is -0.789. The highest BCUT2D eigenvalue weighted by Crippen LogP contribution is 2.31. The molecule has 1 aromatic carbocycles. The first-order valence-corrected chi connectivity index (χ1v) is 6.89. The van der Waals surface area contributed by atoms with Crippen LogP contribution in [-0.4, -0.2) is 42.7 Å². The fourth-order valence-corrected chi connectivity index (χ4v) is 2.66. The molecule has 0 spiro atoms. The summed E-state index contributed by atoms with van der Waals surface area (Å²) in [5.74, 6) is -2.76. The van der Waals surface area contributed by atoms with E-state index in [1.807, 2.05) is 0 Å². The molecule has 2 aromatic rings. The summed E-state index contributed by atoms with van der Waals surface area (Å²) in [6.07, 6.45) is 1.37. The van der Waals surface area contributed by atoms with E-state index in [4.69, 9.17) is 0 Å². The van der Waals surface area contributed by atoms with Crippen LogP contribution < -0.4 is 0 Å². The quantitative estimate of drug-likeness (QED) is 0.657. The average Bonchev–Trinajstić information content (AvgIpc) is 2.63. The molecule has 0 atom stereocenters. The van der Waals surface area contributed by atoms with Crippen molar-refractivity contribution >= 4 is 23.5 Å². The van der Waals surface area contributed by atoms with E-state index >= 15 is 0 Å². The van der Waals surface area contributed by atoms with E-state index < -0.39 is 23.5 Å². The summed E-state index contributed by atoms with van der Waals surface area (Å²) in [7, 11) is 2.32. The Hall–Kier alpha value is -3.35. The van der Waals surface area contributed by atoms with E-state index in [2.05, 4.69) is 14.5 Å². The summed E-state index contributed by atoms with van der Waals surface area (Å²) in [6, 6.07) is 5.48. The molecule has 24 heavy (non-hydrogen) atoms. The summed E-state index contributed by atoms with van der Waals surface area (Å²) in [5, 5.41) is 0. The monoisotopic (exact) mass is 325 g/mol. The van der Waals surface area contributed by atoms with Gasteiger partial charge in [-0.25, -0.2) is 9.59 Å². The van der Waals surface area contributed by atoms with Gasteiger partial charge in [-0.2, -0.15) is 0 Å². The summed E-state index contributed by atoms with van der Waals surface area (Å²) >= 11 is 0. The molecule has 0 radical (unpaired) electrons. The number of ether oxygens (including phenoxy) is 2. The average molecular weight is 325 g/mol. The van der Waals surface area contributed by atoms with E-state index in [0.29, 0.717) is 0 Å². The zero-order valence-corrected chi connectivity index (χ0v) is 12.8. The summed E-state index contributed by atoms with van der Waals surface area (Å²) in [4.78, 5) is 53.5. The lowest BCUT2D eigenvalue weighted by atomic mass is 9.81. The van der Waals surface area contributed by atoms with Crippen molar-refractivity contribution in [1.82, 2.24) is 4.98 Å². The van der Waals surface area contributed by atoms with Crippen LogP contribution in [0.1, 0.15) is 52.7 Å². The molecule has 0 saturated carbocycles. The third-order valence-corrected chi connectivity index (χ3v) is 3.74. The number of aromatic nitrogens is 1. The van der Waals surface area contributed by atoms with Gasteiger partial charge in [-0.3, -0.25) is 14.6 Å². The second-order valence-electron chi connectivity index (χ2n) is 4.95. The van der Waals surface area contributed by atoms with Crippen molar-refractivity contribution in [2.75, 3.05) is 14.2 Å². The number of fused-ring (bicyclic) bond motifs is 2. The highest BCUT2D eigenvalue weighted by Gasteiger charge is 2.37. The van der Waals surface area contributed by atoms with Crippen LogP contribution in [0.5, 0.6) is 0 Å². The van der Waals surface area contributed by atoms with E-state index in [1.54, 1.807) is 0 Å². The van der Waals surface area contributed by atoms with Gasteiger partial charge in [-0.15, -0.1) is 0 Å². The molecule has 1 aliphatic rings. The molecular formula is C17H11NO6. The van der Waals surface area contributed by atoms with Gasteiger partial charge >= 0.3 is 11.9 Å². The first-order valence-electron chi connectivity index (χ1n) is 6.89. The van der Waals surface area contributed by atoms with Crippen LogP contribution in [0.4, 0.5) is 0 Å². The summed E-state index contributed by atoms with van der Waals surface area (Å²) < 4.78 is 9.33. The molecule has 0 aliphatic heterocycles. The maximum atomic E-state index is 12.8. The topological polar surface area (TPSA) is 99.6 Å². The van der Waals surface area contributed by atoms with Crippen molar-refractivity contribution < 1.29 is 28.7 Å². The number of carbonyl (C=O) groups excluding carboxylic acids is 4. The highest BCUT2D eigenvalue weighted by atomic mass is 16.5. The highest BCUT2D eigenvalue weighted by molar-refractivity contribution is 6.32. The van der Waals surface area contributed by atoms with Gasteiger partial charge in [-0.05, 0) is 24.3 Å². The number of esters is 2. The second kappa shape index (κ2) is 5.69. The fraction of sp³-hybridized carbons (Fsp3) is 0.118. The number of methoxy groups -OCH3 is 2. The van der Waals surface area contributed by atoms with Crippen LogP contribution in [0.15, 0.2) is 30.5 Å². The summed E-state index contributed by atoms with van der Waals surface area (Å²) in [6.45, 7) is 0. The lowest BCUT2D eigenvalue weighted by molar-refractivity contribution is 0.0583. The minimum Gasteiger partial charge on any atom is -0.465 e. The van der Waals surface area contributed by atoms with Crippen molar-refractivity contribution in [2.24, 2.45) is 0 Å². The molecule has 0 fully saturated rings. The zero-order chi connectivity index (χ0) is 17.4. The lowest BCUT2D eigenvalue weighted by Crippen LogP contribution is -2.28. The Bertz CT molecular complexity index is 841. The Morgan fingerprint density at radius 1 is 0.875 bits per heavy atom. The number of pyridine rings is 1. The number of rotatable bonds is 2. The standard InChI is InChI=1S/C17H11NO6/c1-23-16(21)8-5-6-9(17(22)24-2)12-11(8)14(19)10-4-3-7-18-13(10)15(12)20/h3-7H,1-2H3. The van der Waals surface area contributed by atoms with Gasteiger partial charge in [0.25, 0.3) is 0 Å². The molecule has 0 saturated heterocycles. The third-order valence-electron chi connectivity index (χ3n) is 3.74. The van der Waals surface area contributed by atoms with E-state index in [0.717, 1.165) is 14.2 Å². The normalized spacial score (nSPS) is 12.2. The summed E-state index contributed by atoms with van der Waals surface area (Å²) in [5.41, 5.74) is -0.552. The smallest absolute Gasteiger partial charge is 0.338 e. The number of ketones is 2. The molecule has 7 nitrogen and oxygen atoms in total. The van der Waals surface area contributed by atoms with Crippen molar-refractivity contribution in [1.29, 1.82) is 0 Å². The maximum absolute atomic E-state index is 12.8. The van der Waals surface area contributed by atoms with Crippen LogP contribution >= 0.6 is 0 Å². The SMILES string of the molecule is COC(=O)c1ccc(C(=O)OC)c2c1C(=O)c1cccnc1C2=O. The third kappa shape index (κ3) is 2.10. The number of hydrogen-bond donors (Lipinski definition) is 0. The Kier molecular flexibility index (Phi) is 3.69. The number of nitrogens with zero attached hydrogens (tertiary/aromatic N) is 1. The zero-order valence-electron chi connectivity index (χ0n) is 12.8. The van der Waals surface area contributed by atoms with Gasteiger partial charge in [0.2, 0.25) is 5.78 Å². The Morgan fingerprint density at radius 2 is 1.42 bits per heavy atom. The van der Waals surface area contributed by atoms with E-state index in [9.17, 15) is 19.2 Å². The first kappa shape index (κ1) is 15.5. The molecule has 120 valence electrons. The Morgan fingerprint density at radius 3 is 1.96 bits per heavy atom. The fourth-order valence-electron chi connectivity index (χ4n) is 2.66. The van der Waals surface area contributed by atoms with Crippen LogP contribution in [-0.2, 0) is 9.47 Å². The number of hydrogen-bond acceptors (Lipinski definition) is 7. The predicted octanol–water partition coefficient (Wildman–Crippen LogP) is 1.43. The molecule has 1 aliphatic carbocycles. The van der Waals surface area contributed by atoms with Crippen LogP contribution in [0.3, 0.4) is 0 Å². The lowest BCUT2D eigenvalue weighted by Gasteiger charge is -2.20. The molecule has 1 heterocycles. The maximum Gasteiger partial charge on any atom is 0.338 e. The molecule has 3 rings (SSSR count). The van der Waals surface area contributed by atoms with Gasteiger partial charge in [0, 0.05) is 11.8 Å². The van der Waals surface area contributed by atoms with Gasteiger partial charge in [0.1, 0.15) is 5.69 Å². The molecular weight excluding hydrogens is 314 g/mol. The minimum absolute atomic E-state index is 0.0674. The second-order valence-corrected chi connectivity index (χ2v) is 4.95. The van der Waals surface area contributed by atoms with Gasteiger partial charge in [0.15, 0.2) is 5.78 Å². The number of benzene rings is 1. The van der Waals surface area contributed by atoms with E-state index in [-0.39, 0.29) is 33.5 Å². The molecule has 0 bridgehead atoms. The molecule has 0 amide bonds. The van der Waals surface area contributed by atoms with Crippen molar-refractivity contribution in [2.45, 2.75) is 0 Å². The predicted molar refractivity (Wildman–Crippen MR) is 80.2 cm³/mol. The Balaban J connectivity index is 2.39. The Labute approximate surface area is 136 Å². The largest absolute Gasteiger partial charge is 0.465 e. The van der Waals surface area contributed by atoms with E-state index in [1.165, 1.54) is 30.5 Å². The molecule has 0 unspecified atom stereocenters. The number of carbonyl (C=O) groups is 4. The molecule has 0 N–H and O–H groups in total. The molecule has 1 aromatic heterocycles. The first-order chi connectivity index (χ1) is 11.5. The van der Waals surface area contributed by atoms with Gasteiger partial charge < -0.3 is 9.47 Å². The van der Waals surface area contributed by atoms with Gasteiger partial charge in [-0.1, -0.05) is 0 Å².